The Hall–Kier alpha value is -1.56. The van der Waals surface area contributed by atoms with Gasteiger partial charge in [0.05, 0.1) is 19.5 Å². The van der Waals surface area contributed by atoms with Crippen LogP contribution in [-0.2, 0) is 16.1 Å². The van der Waals surface area contributed by atoms with Gasteiger partial charge in [0, 0.05) is 12.1 Å². The number of carbonyl (C=O) groups is 1. The fourth-order valence-corrected chi connectivity index (χ4v) is 1.12. The molecule has 0 saturated heterocycles. The van der Waals surface area contributed by atoms with E-state index in [1.54, 1.807) is 6.92 Å². The van der Waals surface area contributed by atoms with Crippen LogP contribution in [0.25, 0.3) is 0 Å². The first kappa shape index (κ1) is 12.5. The summed E-state index contributed by atoms with van der Waals surface area (Å²) in [5.74, 6) is -1.98. The Labute approximate surface area is 91.6 Å². The Morgan fingerprint density at radius 1 is 1.50 bits per heavy atom. The molecule has 1 aromatic rings. The molecule has 6 heteroatoms. The van der Waals surface area contributed by atoms with Gasteiger partial charge in [0.25, 0.3) is 0 Å². The van der Waals surface area contributed by atoms with Crippen LogP contribution in [0, 0.1) is 11.6 Å². The van der Waals surface area contributed by atoms with Crippen molar-refractivity contribution in [2.45, 2.75) is 19.5 Å². The van der Waals surface area contributed by atoms with E-state index in [1.807, 2.05) is 0 Å². The number of nitrogens with one attached hydrogen (secondary N) is 1. The zero-order valence-electron chi connectivity index (χ0n) is 8.96. The van der Waals surface area contributed by atoms with E-state index in [1.165, 1.54) is 7.11 Å². The molecular formula is C10H12F2N2O2. The Morgan fingerprint density at radius 3 is 2.56 bits per heavy atom. The van der Waals surface area contributed by atoms with Gasteiger partial charge in [-0.3, -0.25) is 9.78 Å². The van der Waals surface area contributed by atoms with Crippen molar-refractivity contribution in [1.82, 2.24) is 10.3 Å². The van der Waals surface area contributed by atoms with E-state index in [-0.39, 0.29) is 12.1 Å². The summed E-state index contributed by atoms with van der Waals surface area (Å²) in [6, 6.07) is -0.628. The fraction of sp³-hybridized carbons (Fsp3) is 0.400. The molecule has 0 spiro atoms. The van der Waals surface area contributed by atoms with Crippen molar-refractivity contribution in [3.05, 3.63) is 29.6 Å². The lowest BCUT2D eigenvalue weighted by atomic mass is 10.2. The van der Waals surface area contributed by atoms with Gasteiger partial charge >= 0.3 is 5.97 Å². The van der Waals surface area contributed by atoms with Crippen LogP contribution in [0.2, 0.25) is 0 Å². The second-order valence-corrected chi connectivity index (χ2v) is 3.21. The number of esters is 1. The van der Waals surface area contributed by atoms with Crippen molar-refractivity contribution in [2.75, 3.05) is 7.11 Å². The third kappa shape index (κ3) is 2.96. The number of rotatable bonds is 4. The van der Waals surface area contributed by atoms with Crippen molar-refractivity contribution in [3.8, 4) is 0 Å². The van der Waals surface area contributed by atoms with Gasteiger partial charge in [0.1, 0.15) is 17.7 Å². The fourth-order valence-electron chi connectivity index (χ4n) is 1.12. The van der Waals surface area contributed by atoms with E-state index >= 15 is 0 Å². The largest absolute Gasteiger partial charge is 0.468 e. The van der Waals surface area contributed by atoms with Crippen molar-refractivity contribution in [3.63, 3.8) is 0 Å². The Balaban J connectivity index is 2.64. The predicted octanol–water partition coefficient (Wildman–Crippen LogP) is 1.01. The number of hydrogen-bond acceptors (Lipinski definition) is 4. The molecule has 0 fully saturated rings. The summed E-state index contributed by atoms with van der Waals surface area (Å²) in [4.78, 5) is 14.4. The van der Waals surface area contributed by atoms with E-state index in [0.29, 0.717) is 0 Å². The van der Waals surface area contributed by atoms with Gasteiger partial charge < -0.3 is 10.1 Å². The van der Waals surface area contributed by atoms with E-state index < -0.39 is 23.6 Å². The highest BCUT2D eigenvalue weighted by molar-refractivity contribution is 5.75. The lowest BCUT2D eigenvalue weighted by Gasteiger charge is -2.11. The van der Waals surface area contributed by atoms with Gasteiger partial charge in [-0.1, -0.05) is 0 Å². The summed E-state index contributed by atoms with van der Waals surface area (Å²) in [5.41, 5.74) is -0.147. The number of halogens is 2. The topological polar surface area (TPSA) is 51.2 Å². The Morgan fingerprint density at radius 2 is 2.06 bits per heavy atom. The zero-order chi connectivity index (χ0) is 12.1. The lowest BCUT2D eigenvalue weighted by Crippen LogP contribution is -2.34. The van der Waals surface area contributed by atoms with Crippen LogP contribution < -0.4 is 5.32 Å². The number of hydrogen-bond donors (Lipinski definition) is 1. The van der Waals surface area contributed by atoms with E-state index in [2.05, 4.69) is 15.0 Å². The van der Waals surface area contributed by atoms with Crippen LogP contribution in [0.3, 0.4) is 0 Å². The van der Waals surface area contributed by atoms with Crippen LogP contribution in [-0.4, -0.2) is 24.1 Å². The molecule has 1 unspecified atom stereocenters. The van der Waals surface area contributed by atoms with Gasteiger partial charge in [-0.15, -0.1) is 0 Å². The zero-order valence-corrected chi connectivity index (χ0v) is 8.96. The molecular weight excluding hydrogens is 218 g/mol. The van der Waals surface area contributed by atoms with Crippen LogP contribution in [0.1, 0.15) is 12.5 Å². The number of nitrogens with zero attached hydrogens (tertiary/aromatic N) is 1. The van der Waals surface area contributed by atoms with E-state index in [0.717, 1.165) is 12.4 Å². The molecule has 0 radical (unpaired) electrons. The van der Waals surface area contributed by atoms with E-state index in [9.17, 15) is 13.6 Å². The number of pyridine rings is 1. The first-order valence-corrected chi connectivity index (χ1v) is 4.65. The molecule has 0 aliphatic carbocycles. The van der Waals surface area contributed by atoms with Crippen LogP contribution in [0.15, 0.2) is 12.4 Å². The molecule has 1 N–H and O–H groups in total. The molecule has 0 saturated carbocycles. The molecule has 4 nitrogen and oxygen atoms in total. The van der Waals surface area contributed by atoms with Gasteiger partial charge in [0.2, 0.25) is 0 Å². The van der Waals surface area contributed by atoms with Crippen molar-refractivity contribution >= 4 is 5.97 Å². The summed E-state index contributed by atoms with van der Waals surface area (Å²) in [5, 5.41) is 2.65. The molecule has 88 valence electrons. The molecule has 0 aromatic carbocycles. The molecule has 0 bridgehead atoms. The summed E-state index contributed by atoms with van der Waals surface area (Å²) in [7, 11) is 1.24. The lowest BCUT2D eigenvalue weighted by molar-refractivity contribution is -0.142. The SMILES string of the molecule is COC(=O)C(C)NCc1c(F)cncc1F. The number of aromatic nitrogens is 1. The molecule has 0 aliphatic heterocycles. The molecule has 1 atom stereocenters. The quantitative estimate of drug-likeness (QED) is 0.784. The van der Waals surface area contributed by atoms with Gasteiger partial charge in [-0.05, 0) is 6.92 Å². The van der Waals surface area contributed by atoms with E-state index in [4.69, 9.17) is 0 Å². The maximum atomic E-state index is 13.1. The highest BCUT2D eigenvalue weighted by atomic mass is 19.1. The normalized spacial score (nSPS) is 12.2. The molecule has 1 heterocycles. The first-order chi connectivity index (χ1) is 7.56. The molecule has 1 rings (SSSR count). The minimum Gasteiger partial charge on any atom is -0.468 e. The number of ether oxygens (including phenoxy) is 1. The summed E-state index contributed by atoms with van der Waals surface area (Å²) in [6.07, 6.45) is 1.84. The summed E-state index contributed by atoms with van der Waals surface area (Å²) >= 11 is 0. The summed E-state index contributed by atoms with van der Waals surface area (Å²) in [6.45, 7) is 1.44. The summed E-state index contributed by atoms with van der Waals surface area (Å²) < 4.78 is 30.7. The minimum atomic E-state index is -0.746. The van der Waals surface area contributed by atoms with Gasteiger partial charge in [0.15, 0.2) is 0 Å². The highest BCUT2D eigenvalue weighted by Crippen LogP contribution is 2.09. The third-order valence-electron chi connectivity index (χ3n) is 2.09. The Kier molecular flexibility index (Phi) is 4.30. The highest BCUT2D eigenvalue weighted by Gasteiger charge is 2.15. The average molecular weight is 230 g/mol. The average Bonchev–Trinajstić information content (AvgIpc) is 2.27. The second kappa shape index (κ2) is 5.50. The first-order valence-electron chi connectivity index (χ1n) is 4.65. The van der Waals surface area contributed by atoms with Gasteiger partial charge in [-0.25, -0.2) is 8.78 Å². The standard InChI is InChI=1S/C10H12F2N2O2/c1-6(10(15)16-2)14-3-7-8(11)4-13-5-9(7)12/h4-6,14H,3H2,1-2H3. The van der Waals surface area contributed by atoms with Crippen molar-refractivity contribution in [2.24, 2.45) is 0 Å². The van der Waals surface area contributed by atoms with Crippen LogP contribution in [0.5, 0.6) is 0 Å². The van der Waals surface area contributed by atoms with Crippen molar-refractivity contribution in [1.29, 1.82) is 0 Å². The molecule has 16 heavy (non-hydrogen) atoms. The van der Waals surface area contributed by atoms with Crippen LogP contribution >= 0.6 is 0 Å². The maximum absolute atomic E-state index is 13.1. The van der Waals surface area contributed by atoms with Gasteiger partial charge in [-0.2, -0.15) is 0 Å². The molecule has 0 aliphatic rings. The van der Waals surface area contributed by atoms with Crippen molar-refractivity contribution < 1.29 is 18.3 Å². The third-order valence-corrected chi connectivity index (χ3v) is 2.09. The predicted molar refractivity (Wildman–Crippen MR) is 52.5 cm³/mol. The molecule has 1 aromatic heterocycles. The smallest absolute Gasteiger partial charge is 0.322 e. The molecule has 0 amide bonds. The Bertz CT molecular complexity index is 365. The minimum absolute atomic E-state index is 0.101. The monoisotopic (exact) mass is 230 g/mol. The maximum Gasteiger partial charge on any atom is 0.322 e. The van der Waals surface area contributed by atoms with Crippen LogP contribution in [0.4, 0.5) is 8.78 Å². The second-order valence-electron chi connectivity index (χ2n) is 3.21. The number of carbonyl (C=O) groups excluding carboxylic acids is 1. The number of methoxy groups -OCH3 is 1.